The summed E-state index contributed by atoms with van der Waals surface area (Å²) in [5.41, 5.74) is 3.21. The molecule has 0 radical (unpaired) electrons. The van der Waals surface area contributed by atoms with Crippen molar-refractivity contribution in [3.63, 3.8) is 0 Å². The standard InChI is InChI=1S/C16H15NO2/c1-2-14-4-3-5-15(17-14)11-8-12-6-9-13(10-7-12)16(18)19/h3-11H,2H2,1H3,(H,18,19)/b11-8+. The average Bonchev–Trinajstić information content (AvgIpc) is 2.46. The third kappa shape index (κ3) is 3.52. The summed E-state index contributed by atoms with van der Waals surface area (Å²) in [7, 11) is 0. The molecule has 3 heteroatoms. The zero-order chi connectivity index (χ0) is 13.7. The first kappa shape index (κ1) is 13.0. The molecule has 0 unspecified atom stereocenters. The maximum Gasteiger partial charge on any atom is 0.335 e. The molecule has 0 atom stereocenters. The molecule has 0 fully saturated rings. The molecule has 0 aliphatic carbocycles. The Labute approximate surface area is 112 Å². The summed E-state index contributed by atoms with van der Waals surface area (Å²) >= 11 is 0. The lowest BCUT2D eigenvalue weighted by molar-refractivity contribution is 0.0697. The van der Waals surface area contributed by atoms with Crippen LogP contribution in [0.25, 0.3) is 12.2 Å². The molecule has 0 amide bonds. The predicted molar refractivity (Wildman–Crippen MR) is 75.9 cm³/mol. The highest BCUT2D eigenvalue weighted by Crippen LogP contribution is 2.09. The number of pyridine rings is 1. The minimum absolute atomic E-state index is 0.295. The summed E-state index contributed by atoms with van der Waals surface area (Å²) in [5.74, 6) is -0.909. The number of aromatic carboxylic acids is 1. The Bertz CT molecular complexity index is 600. The van der Waals surface area contributed by atoms with Gasteiger partial charge in [0.05, 0.1) is 11.3 Å². The summed E-state index contributed by atoms with van der Waals surface area (Å²) in [4.78, 5) is 15.2. The van der Waals surface area contributed by atoms with E-state index in [9.17, 15) is 4.79 Å². The summed E-state index contributed by atoms with van der Waals surface area (Å²) in [6.45, 7) is 2.07. The molecule has 1 aromatic carbocycles. The van der Waals surface area contributed by atoms with Crippen LogP contribution in [-0.4, -0.2) is 16.1 Å². The van der Waals surface area contributed by atoms with Gasteiger partial charge in [0.15, 0.2) is 0 Å². The van der Waals surface area contributed by atoms with Crippen LogP contribution in [0.2, 0.25) is 0 Å². The van der Waals surface area contributed by atoms with Crippen LogP contribution >= 0.6 is 0 Å². The van der Waals surface area contributed by atoms with Crippen molar-refractivity contribution in [3.8, 4) is 0 Å². The van der Waals surface area contributed by atoms with E-state index in [0.29, 0.717) is 5.56 Å². The van der Waals surface area contributed by atoms with Gasteiger partial charge in [-0.25, -0.2) is 4.79 Å². The Hall–Kier alpha value is -2.42. The van der Waals surface area contributed by atoms with Crippen molar-refractivity contribution < 1.29 is 9.90 Å². The molecule has 1 heterocycles. The second-order valence-corrected chi connectivity index (χ2v) is 4.17. The monoisotopic (exact) mass is 253 g/mol. The van der Waals surface area contributed by atoms with E-state index in [1.54, 1.807) is 24.3 Å². The van der Waals surface area contributed by atoms with Crippen molar-refractivity contribution in [1.29, 1.82) is 0 Å². The second kappa shape index (κ2) is 5.96. The van der Waals surface area contributed by atoms with Crippen molar-refractivity contribution in [2.45, 2.75) is 13.3 Å². The molecule has 19 heavy (non-hydrogen) atoms. The number of rotatable bonds is 4. The molecule has 2 rings (SSSR count). The third-order valence-electron chi connectivity index (χ3n) is 2.79. The highest BCUT2D eigenvalue weighted by Gasteiger charge is 2.00. The lowest BCUT2D eigenvalue weighted by atomic mass is 10.1. The molecule has 0 spiro atoms. The van der Waals surface area contributed by atoms with Crippen LogP contribution in [0.15, 0.2) is 42.5 Å². The van der Waals surface area contributed by atoms with E-state index < -0.39 is 5.97 Å². The summed E-state index contributed by atoms with van der Waals surface area (Å²) in [5, 5.41) is 8.81. The number of nitrogens with zero attached hydrogens (tertiary/aromatic N) is 1. The minimum Gasteiger partial charge on any atom is -0.478 e. The quantitative estimate of drug-likeness (QED) is 0.907. The first-order chi connectivity index (χ1) is 9.19. The summed E-state index contributed by atoms with van der Waals surface area (Å²) < 4.78 is 0. The maximum atomic E-state index is 10.7. The molecular formula is C16H15NO2. The fourth-order valence-corrected chi connectivity index (χ4v) is 1.71. The molecule has 1 aromatic heterocycles. The maximum absolute atomic E-state index is 10.7. The Morgan fingerprint density at radius 2 is 1.89 bits per heavy atom. The van der Waals surface area contributed by atoms with E-state index in [-0.39, 0.29) is 0 Å². The van der Waals surface area contributed by atoms with E-state index in [2.05, 4.69) is 11.9 Å². The van der Waals surface area contributed by atoms with Gasteiger partial charge in [-0.3, -0.25) is 4.98 Å². The summed E-state index contributed by atoms with van der Waals surface area (Å²) in [6, 6.07) is 12.7. The number of hydrogen-bond acceptors (Lipinski definition) is 2. The van der Waals surface area contributed by atoms with Crippen molar-refractivity contribution >= 4 is 18.1 Å². The van der Waals surface area contributed by atoms with Crippen LogP contribution in [-0.2, 0) is 6.42 Å². The molecule has 2 aromatic rings. The first-order valence-corrected chi connectivity index (χ1v) is 6.16. The Morgan fingerprint density at radius 3 is 2.53 bits per heavy atom. The number of aryl methyl sites for hydroxylation is 1. The molecule has 1 N–H and O–H groups in total. The Morgan fingerprint density at radius 1 is 1.16 bits per heavy atom. The summed E-state index contributed by atoms with van der Waals surface area (Å²) in [6.07, 6.45) is 4.76. The van der Waals surface area contributed by atoms with Crippen LogP contribution in [0, 0.1) is 0 Å². The number of carbonyl (C=O) groups is 1. The predicted octanol–water partition coefficient (Wildman–Crippen LogP) is 3.51. The number of hydrogen-bond donors (Lipinski definition) is 1. The Balaban J connectivity index is 2.15. The number of aromatic nitrogens is 1. The molecule has 96 valence electrons. The van der Waals surface area contributed by atoms with Crippen molar-refractivity contribution in [1.82, 2.24) is 4.98 Å². The van der Waals surface area contributed by atoms with E-state index in [0.717, 1.165) is 23.4 Å². The lowest BCUT2D eigenvalue weighted by Crippen LogP contribution is -1.94. The first-order valence-electron chi connectivity index (χ1n) is 6.16. The van der Waals surface area contributed by atoms with Gasteiger partial charge in [0, 0.05) is 5.69 Å². The SMILES string of the molecule is CCc1cccc(/C=C/c2ccc(C(=O)O)cc2)n1. The van der Waals surface area contributed by atoms with Gasteiger partial charge in [-0.1, -0.05) is 31.2 Å². The van der Waals surface area contributed by atoms with Gasteiger partial charge in [0.25, 0.3) is 0 Å². The van der Waals surface area contributed by atoms with Gasteiger partial charge in [0.1, 0.15) is 0 Å². The van der Waals surface area contributed by atoms with Gasteiger partial charge in [-0.2, -0.15) is 0 Å². The van der Waals surface area contributed by atoms with E-state index in [4.69, 9.17) is 5.11 Å². The van der Waals surface area contributed by atoms with Gasteiger partial charge in [-0.15, -0.1) is 0 Å². The fourth-order valence-electron chi connectivity index (χ4n) is 1.71. The second-order valence-electron chi connectivity index (χ2n) is 4.17. The van der Waals surface area contributed by atoms with Crippen LogP contribution < -0.4 is 0 Å². The Kier molecular flexibility index (Phi) is 4.08. The molecule has 0 saturated carbocycles. The molecule has 0 aliphatic rings. The normalized spacial score (nSPS) is 10.8. The van der Waals surface area contributed by atoms with Crippen molar-refractivity contribution in [2.75, 3.05) is 0 Å². The molecule has 0 bridgehead atoms. The topological polar surface area (TPSA) is 50.2 Å². The van der Waals surface area contributed by atoms with Gasteiger partial charge < -0.3 is 5.11 Å². The van der Waals surface area contributed by atoms with Gasteiger partial charge in [-0.05, 0) is 42.3 Å². The largest absolute Gasteiger partial charge is 0.478 e. The average molecular weight is 253 g/mol. The van der Waals surface area contributed by atoms with Gasteiger partial charge >= 0.3 is 5.97 Å². The molecular weight excluding hydrogens is 238 g/mol. The highest BCUT2D eigenvalue weighted by atomic mass is 16.4. The van der Waals surface area contributed by atoms with Crippen LogP contribution in [0.3, 0.4) is 0 Å². The fraction of sp³-hybridized carbons (Fsp3) is 0.125. The van der Waals surface area contributed by atoms with E-state index >= 15 is 0 Å². The highest BCUT2D eigenvalue weighted by molar-refractivity contribution is 5.88. The number of carboxylic acids is 1. The number of carboxylic acid groups (broad SMARTS) is 1. The molecule has 0 saturated heterocycles. The number of benzene rings is 1. The van der Waals surface area contributed by atoms with Crippen molar-refractivity contribution in [2.24, 2.45) is 0 Å². The smallest absolute Gasteiger partial charge is 0.335 e. The third-order valence-corrected chi connectivity index (χ3v) is 2.79. The zero-order valence-corrected chi connectivity index (χ0v) is 10.7. The van der Waals surface area contributed by atoms with E-state index in [1.165, 1.54) is 0 Å². The van der Waals surface area contributed by atoms with Gasteiger partial charge in [0.2, 0.25) is 0 Å². The minimum atomic E-state index is -0.909. The zero-order valence-electron chi connectivity index (χ0n) is 10.7. The van der Waals surface area contributed by atoms with E-state index in [1.807, 2.05) is 30.4 Å². The lowest BCUT2D eigenvalue weighted by Gasteiger charge is -1.98. The van der Waals surface area contributed by atoms with Crippen LogP contribution in [0.4, 0.5) is 0 Å². The van der Waals surface area contributed by atoms with Crippen LogP contribution in [0.1, 0.15) is 34.2 Å². The molecule has 0 aliphatic heterocycles. The van der Waals surface area contributed by atoms with Crippen LogP contribution in [0.5, 0.6) is 0 Å². The van der Waals surface area contributed by atoms with Crippen molar-refractivity contribution in [3.05, 3.63) is 65.0 Å². The molecule has 3 nitrogen and oxygen atoms in total.